The van der Waals surface area contributed by atoms with Crippen molar-refractivity contribution >= 4 is 29.0 Å². The molecule has 2 aliphatic heterocycles. The molecule has 2 aliphatic rings. The van der Waals surface area contributed by atoms with E-state index in [0.717, 1.165) is 6.07 Å². The Hall–Kier alpha value is -2.87. The van der Waals surface area contributed by atoms with Crippen molar-refractivity contribution in [2.24, 2.45) is 5.10 Å². The maximum Gasteiger partial charge on any atom is 0.410 e. The van der Waals surface area contributed by atoms with Gasteiger partial charge in [-0.1, -0.05) is 23.7 Å². The van der Waals surface area contributed by atoms with Crippen LogP contribution in [0.4, 0.5) is 36.6 Å². The van der Waals surface area contributed by atoms with Crippen molar-refractivity contribution < 1.29 is 40.6 Å². The molecular weight excluding hydrogens is 499 g/mol. The molecule has 0 bridgehead atoms. The van der Waals surface area contributed by atoms with Gasteiger partial charge in [0.1, 0.15) is 11.5 Å². The van der Waals surface area contributed by atoms with Gasteiger partial charge in [0.2, 0.25) is 5.72 Å². The van der Waals surface area contributed by atoms with Crippen molar-refractivity contribution in [3.05, 3.63) is 46.6 Å². The first kappa shape index (κ1) is 24.3. The molecule has 1 aromatic carbocycles. The van der Waals surface area contributed by atoms with Crippen LogP contribution in [0.2, 0.25) is 5.02 Å². The number of nitrogens with zero attached hydrogens (tertiary/aromatic N) is 4. The second kappa shape index (κ2) is 8.41. The van der Waals surface area contributed by atoms with Crippen molar-refractivity contribution in [3.63, 3.8) is 0 Å². The number of aliphatic hydroxyl groups is 1. The molecule has 2 aromatic rings. The molecule has 1 aromatic heterocycles. The fourth-order valence-corrected chi connectivity index (χ4v) is 3.93. The number of hydrazone groups is 1. The fourth-order valence-electron chi connectivity index (χ4n) is 3.80. The van der Waals surface area contributed by atoms with E-state index in [2.05, 4.69) is 15.5 Å². The van der Waals surface area contributed by atoms with Gasteiger partial charge in [0.15, 0.2) is 11.7 Å². The molecule has 2 N–H and O–H groups in total. The van der Waals surface area contributed by atoms with E-state index in [4.69, 9.17) is 11.6 Å². The summed E-state index contributed by atoms with van der Waals surface area (Å²) in [5.41, 5.74) is -4.91. The first-order valence-electron chi connectivity index (χ1n) is 9.70. The number of benzene rings is 1. The van der Waals surface area contributed by atoms with Crippen molar-refractivity contribution in [2.45, 2.75) is 49.7 Å². The van der Waals surface area contributed by atoms with Crippen molar-refractivity contribution in [1.29, 1.82) is 0 Å². The molecule has 3 unspecified atom stereocenters. The van der Waals surface area contributed by atoms with Crippen LogP contribution < -0.4 is 5.32 Å². The number of carbonyl (C=O) groups is 1. The zero-order valence-corrected chi connectivity index (χ0v) is 17.5. The number of carbonyl (C=O) groups excluding carboxylic acids is 1. The molecule has 3 atom stereocenters. The predicted molar refractivity (Wildman–Crippen MR) is 105 cm³/mol. The summed E-state index contributed by atoms with van der Waals surface area (Å²) in [7, 11) is 0. The summed E-state index contributed by atoms with van der Waals surface area (Å²) < 4.78 is 94.8. The molecule has 0 saturated heterocycles. The number of halogens is 8. The summed E-state index contributed by atoms with van der Waals surface area (Å²) in [6, 6.07) is 3.78. The van der Waals surface area contributed by atoms with Gasteiger partial charge in [-0.2, -0.15) is 28.4 Å². The van der Waals surface area contributed by atoms with Gasteiger partial charge in [0.05, 0.1) is 6.04 Å². The number of hydrogen-bond acceptors (Lipinski definition) is 5. The normalized spacial score (nSPS) is 24.9. The lowest BCUT2D eigenvalue weighted by molar-refractivity contribution is -0.174. The van der Waals surface area contributed by atoms with Crippen LogP contribution in [0.15, 0.2) is 35.4 Å². The zero-order chi connectivity index (χ0) is 25.0. The summed E-state index contributed by atoms with van der Waals surface area (Å²) in [4.78, 5) is 12.8. The Bertz CT molecular complexity index is 1120. The van der Waals surface area contributed by atoms with E-state index in [1.54, 1.807) is 0 Å². The maximum atomic E-state index is 13.8. The van der Waals surface area contributed by atoms with E-state index in [1.807, 2.05) is 0 Å². The van der Waals surface area contributed by atoms with E-state index < -0.39 is 67.0 Å². The minimum Gasteiger partial charge on any atom is -0.364 e. The number of amides is 1. The zero-order valence-electron chi connectivity index (χ0n) is 16.8. The number of fused-ring (bicyclic) bond motifs is 1. The number of rotatable bonds is 4. The van der Waals surface area contributed by atoms with Gasteiger partial charge in [-0.15, -0.1) is 0 Å². The van der Waals surface area contributed by atoms with Gasteiger partial charge in [-0.25, -0.2) is 22.2 Å². The average Bonchev–Trinajstić information content (AvgIpc) is 3.34. The van der Waals surface area contributed by atoms with E-state index in [-0.39, 0.29) is 10.8 Å². The molecule has 0 fully saturated rings. The monoisotopic (exact) mass is 513 g/mol. The lowest BCUT2D eigenvalue weighted by atomic mass is 9.97. The fraction of sp³-hybridized carbons (Fsp3) is 0.421. The third kappa shape index (κ3) is 4.19. The van der Waals surface area contributed by atoms with Crippen LogP contribution in [-0.4, -0.2) is 56.3 Å². The molecular formula is C19H15ClF7N5O2. The summed E-state index contributed by atoms with van der Waals surface area (Å²) in [6.45, 7) is 0. The number of nitrogens with one attached hydrogen (secondary N) is 1. The quantitative estimate of drug-likeness (QED) is 0.585. The number of aromatic nitrogens is 2. The second-order valence-electron chi connectivity index (χ2n) is 7.77. The largest absolute Gasteiger partial charge is 0.410 e. The molecule has 0 aliphatic carbocycles. The van der Waals surface area contributed by atoms with Gasteiger partial charge >= 0.3 is 6.18 Å². The summed E-state index contributed by atoms with van der Waals surface area (Å²) in [6.07, 6.45) is -13.7. The minimum atomic E-state index is -4.80. The first-order chi connectivity index (χ1) is 15.8. The highest BCUT2D eigenvalue weighted by Crippen LogP contribution is 2.44. The van der Waals surface area contributed by atoms with Gasteiger partial charge in [0, 0.05) is 23.9 Å². The van der Waals surface area contributed by atoms with Crippen LogP contribution in [-0.2, 0) is 0 Å². The molecule has 15 heteroatoms. The molecule has 184 valence electrons. The highest BCUT2D eigenvalue weighted by Gasteiger charge is 2.54. The van der Waals surface area contributed by atoms with Crippen LogP contribution in [0.3, 0.4) is 0 Å². The highest BCUT2D eigenvalue weighted by atomic mass is 35.5. The molecule has 4 rings (SSSR count). The van der Waals surface area contributed by atoms with Crippen LogP contribution in [0.1, 0.15) is 41.0 Å². The molecule has 0 saturated carbocycles. The van der Waals surface area contributed by atoms with Crippen LogP contribution >= 0.6 is 11.6 Å². The first-order valence-corrected chi connectivity index (χ1v) is 10.1. The van der Waals surface area contributed by atoms with Crippen LogP contribution in [0, 0.1) is 0 Å². The Morgan fingerprint density at radius 3 is 2.41 bits per heavy atom. The Morgan fingerprint density at radius 1 is 1.21 bits per heavy atom. The van der Waals surface area contributed by atoms with Gasteiger partial charge in [-0.3, -0.25) is 4.79 Å². The summed E-state index contributed by atoms with van der Waals surface area (Å²) in [5, 5.41) is 19.7. The van der Waals surface area contributed by atoms with Crippen molar-refractivity contribution in [1.82, 2.24) is 14.8 Å². The van der Waals surface area contributed by atoms with Crippen LogP contribution in [0.25, 0.3) is 0 Å². The molecule has 3 heterocycles. The van der Waals surface area contributed by atoms with Gasteiger partial charge < -0.3 is 10.4 Å². The number of alkyl halides is 7. The Kier molecular flexibility index (Phi) is 6.00. The van der Waals surface area contributed by atoms with E-state index >= 15 is 0 Å². The highest BCUT2D eigenvalue weighted by molar-refractivity contribution is 6.30. The third-order valence-electron chi connectivity index (χ3n) is 5.51. The van der Waals surface area contributed by atoms with Gasteiger partial charge in [0.25, 0.3) is 18.8 Å². The van der Waals surface area contributed by atoms with Crippen LogP contribution in [0.5, 0.6) is 0 Å². The Balaban J connectivity index is 1.71. The van der Waals surface area contributed by atoms with E-state index in [9.17, 15) is 40.6 Å². The average molecular weight is 514 g/mol. The van der Waals surface area contributed by atoms with E-state index in [0.29, 0.717) is 15.3 Å². The summed E-state index contributed by atoms with van der Waals surface area (Å²) >= 11 is 5.82. The molecule has 7 nitrogen and oxygen atoms in total. The number of hydrogen-bond donors (Lipinski definition) is 2. The Morgan fingerprint density at radius 2 is 1.85 bits per heavy atom. The number of anilines is 1. The van der Waals surface area contributed by atoms with Gasteiger partial charge in [-0.05, 0) is 17.7 Å². The van der Waals surface area contributed by atoms with Crippen molar-refractivity contribution in [2.75, 3.05) is 5.32 Å². The predicted octanol–water partition coefficient (Wildman–Crippen LogP) is 4.62. The van der Waals surface area contributed by atoms with Crippen molar-refractivity contribution in [3.8, 4) is 0 Å². The molecule has 1 amide bonds. The lowest BCUT2D eigenvalue weighted by Crippen LogP contribution is -2.51. The maximum absolute atomic E-state index is 13.8. The second-order valence-corrected chi connectivity index (χ2v) is 8.20. The Labute approximate surface area is 191 Å². The summed E-state index contributed by atoms with van der Waals surface area (Å²) in [5.74, 6) is -1.83. The molecule has 0 radical (unpaired) electrons. The SMILES string of the molecule is O=C(c1cc2n(n1)C(C(F)(F)F)CC(c1ccc(Cl)cc1)N2)N1N=C(C(F)F)CC1(O)C(F)F. The smallest absolute Gasteiger partial charge is 0.364 e. The minimum absolute atomic E-state index is 0.257. The third-order valence-corrected chi connectivity index (χ3v) is 5.76. The standard InChI is InChI=1S/C19H15ClF7N5O2/c20-9-3-1-8(2-4-9)10-5-13(19(25,26)27)31-14(28-10)6-11(29-31)16(33)32-18(34,17(23)24)7-12(30-32)15(21)22/h1-4,6,10,13,15,17,28,34H,5,7H2. The molecule has 34 heavy (non-hydrogen) atoms. The molecule has 0 spiro atoms. The lowest BCUT2D eigenvalue weighted by Gasteiger charge is -2.33. The topological polar surface area (TPSA) is 82.8 Å². The van der Waals surface area contributed by atoms with E-state index in [1.165, 1.54) is 24.3 Å².